The molecule has 0 aliphatic carbocycles. The van der Waals surface area contributed by atoms with Crippen LogP contribution in [0.2, 0.25) is 0 Å². The molecule has 4 N–H and O–H groups in total. The Bertz CT molecular complexity index is 759. The maximum atomic E-state index is 12.1. The minimum atomic E-state index is -3.89. The minimum Gasteiger partial charge on any atom is -0.478 e. The van der Waals surface area contributed by atoms with Crippen LogP contribution in [0.5, 0.6) is 0 Å². The monoisotopic (exact) mass is 293 g/mol. The van der Waals surface area contributed by atoms with Gasteiger partial charge < -0.3 is 10.8 Å². The third-order valence-corrected chi connectivity index (χ3v) is 3.78. The molecule has 1 aromatic heterocycles. The minimum absolute atomic E-state index is 0.112. The van der Waals surface area contributed by atoms with Gasteiger partial charge >= 0.3 is 5.97 Å². The molecule has 0 radical (unpaired) electrons. The Morgan fingerprint density at radius 2 is 2.00 bits per heavy atom. The standard InChI is InChI=1S/C12H11N3O4S/c13-9-5-10(7-14-6-9)15-20(18,19)11-3-1-2-8(4-11)12(16)17/h1-7,15H,13H2,(H,16,17). The number of rotatable bonds is 4. The van der Waals surface area contributed by atoms with E-state index < -0.39 is 16.0 Å². The molecule has 7 nitrogen and oxygen atoms in total. The van der Waals surface area contributed by atoms with Crippen LogP contribution in [-0.2, 0) is 10.0 Å². The van der Waals surface area contributed by atoms with Crippen molar-refractivity contribution in [3.05, 3.63) is 48.3 Å². The number of carboxylic acid groups (broad SMARTS) is 1. The van der Waals surface area contributed by atoms with Crippen LogP contribution in [0.4, 0.5) is 11.4 Å². The Balaban J connectivity index is 2.35. The molecule has 2 rings (SSSR count). The van der Waals surface area contributed by atoms with Crippen molar-refractivity contribution >= 4 is 27.4 Å². The fourth-order valence-electron chi connectivity index (χ4n) is 1.52. The van der Waals surface area contributed by atoms with E-state index >= 15 is 0 Å². The van der Waals surface area contributed by atoms with Gasteiger partial charge in [-0.15, -0.1) is 0 Å². The van der Waals surface area contributed by atoms with Crippen molar-refractivity contribution in [1.29, 1.82) is 0 Å². The van der Waals surface area contributed by atoms with Crippen molar-refractivity contribution in [2.45, 2.75) is 4.90 Å². The van der Waals surface area contributed by atoms with Crippen molar-refractivity contribution in [2.75, 3.05) is 10.5 Å². The molecule has 0 atom stereocenters. The number of benzene rings is 1. The van der Waals surface area contributed by atoms with Crippen molar-refractivity contribution in [3.8, 4) is 0 Å². The van der Waals surface area contributed by atoms with Crippen molar-refractivity contribution in [2.24, 2.45) is 0 Å². The van der Waals surface area contributed by atoms with Crippen LogP contribution in [0.15, 0.2) is 47.6 Å². The Morgan fingerprint density at radius 1 is 1.25 bits per heavy atom. The van der Waals surface area contributed by atoms with E-state index in [1.54, 1.807) is 0 Å². The first-order valence-electron chi connectivity index (χ1n) is 5.45. The quantitative estimate of drug-likeness (QED) is 0.777. The lowest BCUT2D eigenvalue weighted by molar-refractivity contribution is 0.0696. The van der Waals surface area contributed by atoms with Gasteiger partial charge in [0, 0.05) is 6.20 Å². The van der Waals surface area contributed by atoms with Gasteiger partial charge in [-0.1, -0.05) is 6.07 Å². The SMILES string of the molecule is Nc1cncc(NS(=O)(=O)c2cccc(C(=O)O)c2)c1. The van der Waals surface area contributed by atoms with Crippen LogP contribution in [-0.4, -0.2) is 24.5 Å². The predicted molar refractivity (Wildman–Crippen MR) is 72.9 cm³/mol. The third kappa shape index (κ3) is 3.04. The zero-order valence-electron chi connectivity index (χ0n) is 10.1. The van der Waals surface area contributed by atoms with Gasteiger partial charge in [-0.05, 0) is 24.3 Å². The van der Waals surface area contributed by atoms with Crippen molar-refractivity contribution < 1.29 is 18.3 Å². The molecular weight excluding hydrogens is 282 g/mol. The van der Waals surface area contributed by atoms with Gasteiger partial charge in [-0.3, -0.25) is 9.71 Å². The topological polar surface area (TPSA) is 122 Å². The lowest BCUT2D eigenvalue weighted by Gasteiger charge is -2.08. The zero-order valence-corrected chi connectivity index (χ0v) is 11.0. The molecule has 0 aliphatic rings. The molecule has 8 heteroatoms. The van der Waals surface area contributed by atoms with Gasteiger partial charge in [0.25, 0.3) is 10.0 Å². The van der Waals surface area contributed by atoms with E-state index in [2.05, 4.69) is 9.71 Å². The smallest absolute Gasteiger partial charge is 0.335 e. The Morgan fingerprint density at radius 3 is 2.65 bits per heavy atom. The van der Waals surface area contributed by atoms with Gasteiger partial charge in [0.05, 0.1) is 28.0 Å². The molecule has 20 heavy (non-hydrogen) atoms. The van der Waals surface area contributed by atoms with Crippen LogP contribution < -0.4 is 10.5 Å². The molecule has 0 fully saturated rings. The average molecular weight is 293 g/mol. The first kappa shape index (κ1) is 13.8. The molecular formula is C12H11N3O4S. The second kappa shape index (κ2) is 5.17. The van der Waals surface area contributed by atoms with Gasteiger partial charge in [-0.25, -0.2) is 13.2 Å². The summed E-state index contributed by atoms with van der Waals surface area (Å²) < 4.78 is 26.5. The Kier molecular flexibility index (Phi) is 3.57. The van der Waals surface area contributed by atoms with E-state index in [1.165, 1.54) is 36.7 Å². The molecule has 0 saturated heterocycles. The first-order chi connectivity index (χ1) is 9.38. The molecule has 0 amide bonds. The van der Waals surface area contributed by atoms with E-state index in [9.17, 15) is 13.2 Å². The summed E-state index contributed by atoms with van der Waals surface area (Å²) in [6.07, 6.45) is 2.68. The summed E-state index contributed by atoms with van der Waals surface area (Å²) in [5, 5.41) is 8.86. The summed E-state index contributed by atoms with van der Waals surface area (Å²) >= 11 is 0. The largest absolute Gasteiger partial charge is 0.478 e. The summed E-state index contributed by atoms with van der Waals surface area (Å²) in [6, 6.07) is 6.45. The van der Waals surface area contributed by atoms with Crippen molar-refractivity contribution in [3.63, 3.8) is 0 Å². The molecule has 2 aromatic rings. The van der Waals surface area contributed by atoms with E-state index in [1.807, 2.05) is 0 Å². The molecule has 0 aliphatic heterocycles. The number of nitrogens with one attached hydrogen (secondary N) is 1. The number of pyridine rings is 1. The summed E-state index contributed by atoms with van der Waals surface area (Å²) in [4.78, 5) is 14.5. The predicted octanol–water partition coefficient (Wildman–Crippen LogP) is 1.16. The number of carbonyl (C=O) groups is 1. The van der Waals surface area contributed by atoms with Crippen LogP contribution in [0, 0.1) is 0 Å². The van der Waals surface area contributed by atoms with Crippen LogP contribution in [0.1, 0.15) is 10.4 Å². The first-order valence-corrected chi connectivity index (χ1v) is 6.93. The number of anilines is 2. The summed E-state index contributed by atoms with van der Waals surface area (Å²) in [6.45, 7) is 0. The second-order valence-electron chi connectivity index (χ2n) is 3.95. The molecule has 0 bridgehead atoms. The third-order valence-electron chi connectivity index (χ3n) is 2.40. The number of aromatic carboxylic acids is 1. The van der Waals surface area contributed by atoms with E-state index in [0.29, 0.717) is 5.69 Å². The number of hydrogen-bond donors (Lipinski definition) is 3. The summed E-state index contributed by atoms with van der Waals surface area (Å²) in [5.41, 5.74) is 5.90. The Hall–Kier alpha value is -2.61. The number of nitrogens with zero attached hydrogens (tertiary/aromatic N) is 1. The second-order valence-corrected chi connectivity index (χ2v) is 5.63. The normalized spacial score (nSPS) is 11.0. The highest BCUT2D eigenvalue weighted by Gasteiger charge is 2.16. The summed E-state index contributed by atoms with van der Waals surface area (Å²) in [5.74, 6) is -1.20. The maximum absolute atomic E-state index is 12.1. The molecule has 0 spiro atoms. The highest BCUT2D eigenvalue weighted by Crippen LogP contribution is 2.17. The zero-order chi connectivity index (χ0) is 14.8. The fraction of sp³-hybridized carbons (Fsp3) is 0. The number of nitrogen functional groups attached to an aromatic ring is 1. The number of nitrogens with two attached hydrogens (primary N) is 1. The molecule has 0 unspecified atom stereocenters. The molecule has 1 heterocycles. The van der Waals surface area contributed by atoms with Gasteiger partial charge in [0.2, 0.25) is 0 Å². The molecule has 1 aromatic carbocycles. The Labute approximate surface area is 115 Å². The number of sulfonamides is 1. The lowest BCUT2D eigenvalue weighted by atomic mass is 10.2. The van der Waals surface area contributed by atoms with Gasteiger partial charge in [0.1, 0.15) is 0 Å². The van der Waals surface area contributed by atoms with Crippen LogP contribution in [0.3, 0.4) is 0 Å². The number of carboxylic acids is 1. The van der Waals surface area contributed by atoms with Gasteiger partial charge in [0.15, 0.2) is 0 Å². The van der Waals surface area contributed by atoms with E-state index in [0.717, 1.165) is 6.07 Å². The number of aromatic nitrogens is 1. The lowest BCUT2D eigenvalue weighted by Crippen LogP contribution is -2.14. The molecule has 104 valence electrons. The highest BCUT2D eigenvalue weighted by atomic mass is 32.2. The fourth-order valence-corrected chi connectivity index (χ4v) is 2.60. The van der Waals surface area contributed by atoms with Crippen LogP contribution in [0.25, 0.3) is 0 Å². The van der Waals surface area contributed by atoms with Gasteiger partial charge in [-0.2, -0.15) is 0 Å². The maximum Gasteiger partial charge on any atom is 0.335 e. The highest BCUT2D eigenvalue weighted by molar-refractivity contribution is 7.92. The number of hydrogen-bond acceptors (Lipinski definition) is 5. The van der Waals surface area contributed by atoms with E-state index in [4.69, 9.17) is 10.8 Å². The van der Waals surface area contributed by atoms with Crippen LogP contribution >= 0.6 is 0 Å². The molecule has 0 saturated carbocycles. The average Bonchev–Trinajstić information content (AvgIpc) is 2.38. The van der Waals surface area contributed by atoms with E-state index in [-0.39, 0.29) is 16.1 Å². The van der Waals surface area contributed by atoms with Crippen molar-refractivity contribution in [1.82, 2.24) is 4.98 Å². The summed E-state index contributed by atoms with van der Waals surface area (Å²) in [7, 11) is -3.89.